The molecule has 0 radical (unpaired) electrons. The minimum absolute atomic E-state index is 0.244. The summed E-state index contributed by atoms with van der Waals surface area (Å²) in [4.78, 5) is 0. The van der Waals surface area contributed by atoms with Crippen LogP contribution in [0.3, 0.4) is 0 Å². The molecule has 0 fully saturated rings. The lowest BCUT2D eigenvalue weighted by atomic mass is 9.88. The zero-order valence-electron chi connectivity index (χ0n) is 12.0. The first-order chi connectivity index (χ1) is 8.96. The van der Waals surface area contributed by atoms with Crippen LogP contribution in [0.15, 0.2) is 28.7 Å². The molecular formula is C16H23BrN2. The van der Waals surface area contributed by atoms with E-state index in [0.29, 0.717) is 0 Å². The van der Waals surface area contributed by atoms with E-state index in [0.717, 1.165) is 25.9 Å². The highest BCUT2D eigenvalue weighted by Gasteiger charge is 2.16. The Morgan fingerprint density at radius 3 is 2.63 bits per heavy atom. The van der Waals surface area contributed by atoms with Gasteiger partial charge in [-0.05, 0) is 53.7 Å². The fraction of sp³-hybridized carbons (Fsp3) is 0.500. The van der Waals surface area contributed by atoms with Gasteiger partial charge < -0.3 is 10.3 Å². The second-order valence-corrected chi connectivity index (χ2v) is 6.83. The van der Waals surface area contributed by atoms with Gasteiger partial charge >= 0.3 is 0 Å². The molecule has 2 aromatic rings. The molecule has 2 N–H and O–H groups in total. The second-order valence-electron chi connectivity index (χ2n) is 6.04. The van der Waals surface area contributed by atoms with E-state index in [-0.39, 0.29) is 5.41 Å². The van der Waals surface area contributed by atoms with Crippen molar-refractivity contribution in [1.29, 1.82) is 0 Å². The third-order valence-corrected chi connectivity index (χ3v) is 4.94. The van der Waals surface area contributed by atoms with E-state index in [1.54, 1.807) is 0 Å². The number of para-hydroxylation sites is 1. The SMILES string of the molecule is Cc1c(Br)c2ccccc2n1CCCC(C)(C)CN. The number of hydrogen-bond acceptors (Lipinski definition) is 1. The summed E-state index contributed by atoms with van der Waals surface area (Å²) in [5.41, 5.74) is 8.67. The minimum atomic E-state index is 0.244. The quantitative estimate of drug-likeness (QED) is 0.864. The third kappa shape index (κ3) is 3.03. The molecule has 0 unspecified atom stereocenters. The van der Waals surface area contributed by atoms with Gasteiger partial charge in [0, 0.05) is 27.6 Å². The third-order valence-electron chi connectivity index (χ3n) is 3.94. The molecule has 0 amide bonds. The Kier molecular flexibility index (Phi) is 4.36. The molecule has 0 aliphatic rings. The van der Waals surface area contributed by atoms with Gasteiger partial charge in [0.15, 0.2) is 0 Å². The van der Waals surface area contributed by atoms with Crippen LogP contribution >= 0.6 is 15.9 Å². The number of halogens is 1. The van der Waals surface area contributed by atoms with Gasteiger partial charge in [-0.25, -0.2) is 0 Å². The summed E-state index contributed by atoms with van der Waals surface area (Å²) < 4.78 is 3.63. The predicted molar refractivity (Wildman–Crippen MR) is 86.4 cm³/mol. The molecule has 1 aromatic heterocycles. The lowest BCUT2D eigenvalue weighted by Crippen LogP contribution is -2.23. The van der Waals surface area contributed by atoms with Gasteiger partial charge in [-0.2, -0.15) is 0 Å². The number of aromatic nitrogens is 1. The van der Waals surface area contributed by atoms with Crippen LogP contribution in [0.25, 0.3) is 10.9 Å². The minimum Gasteiger partial charge on any atom is -0.344 e. The smallest absolute Gasteiger partial charge is 0.0494 e. The number of rotatable bonds is 5. The number of hydrogen-bond donors (Lipinski definition) is 1. The first-order valence-electron chi connectivity index (χ1n) is 6.90. The molecule has 3 heteroatoms. The maximum Gasteiger partial charge on any atom is 0.0494 e. The first kappa shape index (κ1) is 14.6. The summed E-state index contributed by atoms with van der Waals surface area (Å²) in [7, 11) is 0. The van der Waals surface area contributed by atoms with Crippen molar-refractivity contribution in [2.24, 2.45) is 11.1 Å². The normalized spacial score (nSPS) is 12.3. The molecule has 1 aromatic carbocycles. The fourth-order valence-corrected chi connectivity index (χ4v) is 3.04. The maximum atomic E-state index is 5.80. The highest BCUT2D eigenvalue weighted by molar-refractivity contribution is 9.10. The molecule has 2 rings (SSSR count). The van der Waals surface area contributed by atoms with Gasteiger partial charge in [0.2, 0.25) is 0 Å². The van der Waals surface area contributed by atoms with Crippen LogP contribution in [0.2, 0.25) is 0 Å². The summed E-state index contributed by atoms with van der Waals surface area (Å²) in [6, 6.07) is 8.57. The van der Waals surface area contributed by atoms with Crippen molar-refractivity contribution >= 4 is 26.8 Å². The number of fused-ring (bicyclic) bond motifs is 1. The first-order valence-corrected chi connectivity index (χ1v) is 7.69. The Labute approximate surface area is 124 Å². The van der Waals surface area contributed by atoms with Crippen LogP contribution in [0.4, 0.5) is 0 Å². The molecule has 0 spiro atoms. The molecule has 0 aliphatic carbocycles. The molecule has 2 nitrogen and oxygen atoms in total. The molecule has 0 atom stereocenters. The largest absolute Gasteiger partial charge is 0.344 e. The molecule has 104 valence electrons. The van der Waals surface area contributed by atoms with Crippen molar-refractivity contribution in [3.05, 3.63) is 34.4 Å². The van der Waals surface area contributed by atoms with Crippen molar-refractivity contribution in [3.8, 4) is 0 Å². The average Bonchev–Trinajstić information content (AvgIpc) is 2.64. The summed E-state index contributed by atoms with van der Waals surface area (Å²) >= 11 is 3.71. The van der Waals surface area contributed by atoms with Crippen LogP contribution in [-0.2, 0) is 6.54 Å². The van der Waals surface area contributed by atoms with Crippen LogP contribution in [-0.4, -0.2) is 11.1 Å². The Morgan fingerprint density at radius 2 is 1.95 bits per heavy atom. The van der Waals surface area contributed by atoms with Crippen molar-refractivity contribution in [2.75, 3.05) is 6.54 Å². The van der Waals surface area contributed by atoms with Gasteiger partial charge in [-0.3, -0.25) is 0 Å². The zero-order valence-corrected chi connectivity index (χ0v) is 13.6. The zero-order chi connectivity index (χ0) is 14.0. The van der Waals surface area contributed by atoms with Crippen LogP contribution in [0.1, 0.15) is 32.4 Å². The van der Waals surface area contributed by atoms with E-state index >= 15 is 0 Å². The van der Waals surface area contributed by atoms with Crippen molar-refractivity contribution in [3.63, 3.8) is 0 Å². The number of benzene rings is 1. The summed E-state index contributed by atoms with van der Waals surface area (Å²) in [6.45, 7) is 8.47. The number of nitrogens with two attached hydrogens (primary N) is 1. The Hall–Kier alpha value is -0.800. The Balaban J connectivity index is 2.19. The molecule has 0 bridgehead atoms. The van der Waals surface area contributed by atoms with Gasteiger partial charge in [-0.1, -0.05) is 32.0 Å². The molecule has 0 saturated heterocycles. The summed E-state index contributed by atoms with van der Waals surface area (Å²) in [6.07, 6.45) is 2.32. The second kappa shape index (κ2) is 5.68. The van der Waals surface area contributed by atoms with Gasteiger partial charge in [0.1, 0.15) is 0 Å². The van der Waals surface area contributed by atoms with Crippen molar-refractivity contribution in [1.82, 2.24) is 4.57 Å². The Bertz CT molecular complexity index is 569. The molecular weight excluding hydrogens is 300 g/mol. The molecule has 0 aliphatic heterocycles. The van der Waals surface area contributed by atoms with E-state index in [1.165, 1.54) is 21.1 Å². The van der Waals surface area contributed by atoms with E-state index < -0.39 is 0 Å². The molecule has 1 heterocycles. The highest BCUT2D eigenvalue weighted by atomic mass is 79.9. The Morgan fingerprint density at radius 1 is 1.26 bits per heavy atom. The number of aryl methyl sites for hydroxylation is 1. The van der Waals surface area contributed by atoms with E-state index in [4.69, 9.17) is 5.73 Å². The number of nitrogens with zero attached hydrogens (tertiary/aromatic N) is 1. The average molecular weight is 323 g/mol. The lowest BCUT2D eigenvalue weighted by Gasteiger charge is -2.22. The standard InChI is InChI=1S/C16H23BrN2/c1-12-15(17)13-7-4-5-8-14(13)19(12)10-6-9-16(2,3)11-18/h4-5,7-8H,6,9-11,18H2,1-3H3. The topological polar surface area (TPSA) is 30.9 Å². The molecule has 19 heavy (non-hydrogen) atoms. The lowest BCUT2D eigenvalue weighted by molar-refractivity contribution is 0.328. The van der Waals surface area contributed by atoms with Crippen LogP contribution < -0.4 is 5.73 Å². The van der Waals surface area contributed by atoms with Crippen LogP contribution in [0.5, 0.6) is 0 Å². The van der Waals surface area contributed by atoms with E-state index in [2.05, 4.69) is 65.5 Å². The summed E-state index contributed by atoms with van der Waals surface area (Å²) in [5, 5.41) is 1.30. The molecule has 0 saturated carbocycles. The predicted octanol–water partition coefficient (Wildman–Crippen LogP) is 4.48. The van der Waals surface area contributed by atoms with Gasteiger partial charge in [-0.15, -0.1) is 0 Å². The summed E-state index contributed by atoms with van der Waals surface area (Å²) in [5.74, 6) is 0. The van der Waals surface area contributed by atoms with Gasteiger partial charge in [0.25, 0.3) is 0 Å². The van der Waals surface area contributed by atoms with E-state index in [9.17, 15) is 0 Å². The fourth-order valence-electron chi connectivity index (χ4n) is 2.49. The van der Waals surface area contributed by atoms with Crippen molar-refractivity contribution in [2.45, 2.75) is 40.2 Å². The van der Waals surface area contributed by atoms with Crippen molar-refractivity contribution < 1.29 is 0 Å². The highest BCUT2D eigenvalue weighted by Crippen LogP contribution is 2.31. The van der Waals surface area contributed by atoms with Gasteiger partial charge in [0.05, 0.1) is 0 Å². The van der Waals surface area contributed by atoms with E-state index in [1.807, 2.05) is 0 Å². The monoisotopic (exact) mass is 322 g/mol. The van der Waals surface area contributed by atoms with Crippen LogP contribution in [0, 0.1) is 12.3 Å². The maximum absolute atomic E-state index is 5.80.